The average Bonchev–Trinajstić information content (AvgIpc) is 2.18. The second-order valence-electron chi connectivity index (χ2n) is 4.06. The van der Waals surface area contributed by atoms with Crippen molar-refractivity contribution in [1.29, 1.82) is 0 Å². The molecular formula is C13H17N. The number of aryl methyl sites for hydroxylation is 1. The van der Waals surface area contributed by atoms with Gasteiger partial charge in [0.2, 0.25) is 0 Å². The standard InChI is InChI=1S/C13H17N/c1-10-5-2-3-8-13(10)11-6-4-7-12(14)9-11/h2-3,5,8-9,12H,4,6-7,14H2,1H3. The van der Waals surface area contributed by atoms with Crippen molar-refractivity contribution in [2.24, 2.45) is 5.73 Å². The van der Waals surface area contributed by atoms with Crippen LogP contribution in [0.1, 0.15) is 30.4 Å². The molecule has 2 N–H and O–H groups in total. The quantitative estimate of drug-likeness (QED) is 0.718. The van der Waals surface area contributed by atoms with E-state index in [2.05, 4.69) is 37.3 Å². The van der Waals surface area contributed by atoms with Crippen molar-refractivity contribution in [3.63, 3.8) is 0 Å². The van der Waals surface area contributed by atoms with Crippen LogP contribution in [0.2, 0.25) is 0 Å². The van der Waals surface area contributed by atoms with Gasteiger partial charge in [-0.25, -0.2) is 0 Å². The maximum Gasteiger partial charge on any atom is 0.0229 e. The van der Waals surface area contributed by atoms with Gasteiger partial charge in [-0.3, -0.25) is 0 Å². The minimum Gasteiger partial charge on any atom is -0.324 e. The molecule has 1 nitrogen and oxygen atoms in total. The predicted molar refractivity (Wildman–Crippen MR) is 61.0 cm³/mol. The summed E-state index contributed by atoms with van der Waals surface area (Å²) in [6, 6.07) is 8.80. The Morgan fingerprint density at radius 1 is 1.29 bits per heavy atom. The van der Waals surface area contributed by atoms with Gasteiger partial charge in [-0.2, -0.15) is 0 Å². The maximum atomic E-state index is 5.94. The molecule has 14 heavy (non-hydrogen) atoms. The number of allylic oxidation sites excluding steroid dienone is 1. The van der Waals surface area contributed by atoms with Crippen LogP contribution in [0.25, 0.3) is 5.57 Å². The van der Waals surface area contributed by atoms with Crippen molar-refractivity contribution in [3.8, 4) is 0 Å². The van der Waals surface area contributed by atoms with E-state index < -0.39 is 0 Å². The lowest BCUT2D eigenvalue weighted by atomic mass is 9.89. The predicted octanol–water partition coefficient (Wildman–Crippen LogP) is 2.89. The summed E-state index contributed by atoms with van der Waals surface area (Å²) in [7, 11) is 0. The van der Waals surface area contributed by atoms with E-state index in [1.165, 1.54) is 29.5 Å². The van der Waals surface area contributed by atoms with Crippen LogP contribution < -0.4 is 5.73 Å². The molecule has 0 heterocycles. The van der Waals surface area contributed by atoms with Gasteiger partial charge in [0.1, 0.15) is 0 Å². The fourth-order valence-corrected chi connectivity index (χ4v) is 2.11. The largest absolute Gasteiger partial charge is 0.324 e. The van der Waals surface area contributed by atoms with Crippen LogP contribution in [0.5, 0.6) is 0 Å². The van der Waals surface area contributed by atoms with Crippen molar-refractivity contribution in [2.45, 2.75) is 32.2 Å². The highest BCUT2D eigenvalue weighted by Crippen LogP contribution is 2.28. The van der Waals surface area contributed by atoms with E-state index in [0.717, 1.165) is 6.42 Å². The maximum absolute atomic E-state index is 5.94. The minimum absolute atomic E-state index is 0.262. The van der Waals surface area contributed by atoms with E-state index in [9.17, 15) is 0 Å². The Kier molecular flexibility index (Phi) is 2.69. The number of benzene rings is 1. The average molecular weight is 187 g/mol. The second-order valence-corrected chi connectivity index (χ2v) is 4.06. The van der Waals surface area contributed by atoms with E-state index in [4.69, 9.17) is 5.73 Å². The van der Waals surface area contributed by atoms with E-state index in [1.807, 2.05) is 0 Å². The lowest BCUT2D eigenvalue weighted by molar-refractivity contribution is 0.654. The minimum atomic E-state index is 0.262. The molecule has 2 rings (SSSR count). The summed E-state index contributed by atoms with van der Waals surface area (Å²) in [5.74, 6) is 0. The van der Waals surface area contributed by atoms with Crippen LogP contribution in [0, 0.1) is 6.92 Å². The molecule has 0 spiro atoms. The number of rotatable bonds is 1. The molecule has 1 aromatic rings. The first-order chi connectivity index (χ1) is 6.77. The Bertz CT molecular complexity index is 352. The van der Waals surface area contributed by atoms with Crippen LogP contribution >= 0.6 is 0 Å². The van der Waals surface area contributed by atoms with Gasteiger partial charge in [-0.05, 0) is 42.9 Å². The molecule has 0 saturated heterocycles. The van der Waals surface area contributed by atoms with Crippen molar-refractivity contribution in [3.05, 3.63) is 41.5 Å². The van der Waals surface area contributed by atoms with Crippen LogP contribution in [0.3, 0.4) is 0 Å². The fraction of sp³-hybridized carbons (Fsp3) is 0.385. The molecule has 1 aliphatic carbocycles. The Morgan fingerprint density at radius 2 is 2.07 bits per heavy atom. The number of hydrogen-bond acceptors (Lipinski definition) is 1. The summed E-state index contributed by atoms with van der Waals surface area (Å²) in [4.78, 5) is 0. The highest BCUT2D eigenvalue weighted by molar-refractivity contribution is 5.69. The first-order valence-electron chi connectivity index (χ1n) is 5.29. The molecule has 0 bridgehead atoms. The molecule has 1 atom stereocenters. The molecule has 0 saturated carbocycles. The molecule has 1 aliphatic rings. The molecule has 0 aromatic heterocycles. The van der Waals surface area contributed by atoms with E-state index >= 15 is 0 Å². The summed E-state index contributed by atoms with van der Waals surface area (Å²) >= 11 is 0. The van der Waals surface area contributed by atoms with Gasteiger partial charge >= 0.3 is 0 Å². The summed E-state index contributed by atoms with van der Waals surface area (Å²) in [6.07, 6.45) is 5.76. The second kappa shape index (κ2) is 3.97. The first-order valence-corrected chi connectivity index (χ1v) is 5.29. The summed E-state index contributed by atoms with van der Waals surface area (Å²) in [6.45, 7) is 2.16. The lowest BCUT2D eigenvalue weighted by Crippen LogP contribution is -2.20. The van der Waals surface area contributed by atoms with Gasteiger partial charge in [0.25, 0.3) is 0 Å². The summed E-state index contributed by atoms with van der Waals surface area (Å²) in [5, 5.41) is 0. The van der Waals surface area contributed by atoms with Crippen LogP contribution in [0.15, 0.2) is 30.3 Å². The van der Waals surface area contributed by atoms with Crippen molar-refractivity contribution >= 4 is 5.57 Å². The van der Waals surface area contributed by atoms with Crippen LogP contribution in [-0.2, 0) is 0 Å². The molecule has 0 amide bonds. The molecule has 1 unspecified atom stereocenters. The first kappa shape index (κ1) is 9.47. The Morgan fingerprint density at radius 3 is 2.79 bits per heavy atom. The molecular weight excluding hydrogens is 170 g/mol. The molecule has 0 radical (unpaired) electrons. The molecule has 1 aromatic carbocycles. The molecule has 1 heteroatoms. The zero-order valence-electron chi connectivity index (χ0n) is 8.66. The smallest absolute Gasteiger partial charge is 0.0229 e. The van der Waals surface area contributed by atoms with Crippen LogP contribution in [0.4, 0.5) is 0 Å². The van der Waals surface area contributed by atoms with Crippen molar-refractivity contribution in [1.82, 2.24) is 0 Å². The third-order valence-corrected chi connectivity index (χ3v) is 2.89. The van der Waals surface area contributed by atoms with Gasteiger partial charge in [-0.15, -0.1) is 0 Å². The van der Waals surface area contributed by atoms with Gasteiger partial charge in [0, 0.05) is 6.04 Å². The number of hydrogen-bond donors (Lipinski definition) is 1. The number of nitrogens with two attached hydrogens (primary N) is 1. The van der Waals surface area contributed by atoms with Gasteiger partial charge in [-0.1, -0.05) is 30.3 Å². The van der Waals surface area contributed by atoms with Crippen molar-refractivity contribution in [2.75, 3.05) is 0 Å². The molecule has 0 aliphatic heterocycles. The topological polar surface area (TPSA) is 26.0 Å². The zero-order chi connectivity index (χ0) is 9.97. The van der Waals surface area contributed by atoms with Crippen molar-refractivity contribution < 1.29 is 0 Å². The highest BCUT2D eigenvalue weighted by Gasteiger charge is 2.12. The normalized spacial score (nSPS) is 21.9. The molecule has 0 fully saturated rings. The Hall–Kier alpha value is -1.08. The van der Waals surface area contributed by atoms with E-state index in [1.54, 1.807) is 0 Å². The third kappa shape index (κ3) is 1.88. The Labute approximate surface area is 85.6 Å². The van der Waals surface area contributed by atoms with Gasteiger partial charge in [0.15, 0.2) is 0 Å². The molecule has 74 valence electrons. The van der Waals surface area contributed by atoms with E-state index in [0.29, 0.717) is 0 Å². The zero-order valence-corrected chi connectivity index (χ0v) is 8.66. The van der Waals surface area contributed by atoms with Gasteiger partial charge < -0.3 is 5.73 Å². The summed E-state index contributed by atoms with van der Waals surface area (Å²) < 4.78 is 0. The summed E-state index contributed by atoms with van der Waals surface area (Å²) in [5.41, 5.74) is 10.1. The Balaban J connectivity index is 2.35. The van der Waals surface area contributed by atoms with E-state index in [-0.39, 0.29) is 6.04 Å². The van der Waals surface area contributed by atoms with Gasteiger partial charge in [0.05, 0.1) is 0 Å². The highest BCUT2D eigenvalue weighted by atomic mass is 14.6. The monoisotopic (exact) mass is 187 g/mol. The SMILES string of the molecule is Cc1ccccc1C1=CC(N)CCC1. The lowest BCUT2D eigenvalue weighted by Gasteiger charge is -2.19. The van der Waals surface area contributed by atoms with Crippen LogP contribution in [-0.4, -0.2) is 6.04 Å². The third-order valence-electron chi connectivity index (χ3n) is 2.89. The fourth-order valence-electron chi connectivity index (χ4n) is 2.11.